The monoisotopic (exact) mass is 356 g/mol. The first kappa shape index (κ1) is 17.0. The van der Waals surface area contributed by atoms with E-state index in [1.165, 1.54) is 4.57 Å². The average Bonchev–Trinajstić information content (AvgIpc) is 2.60. The molecule has 1 heterocycles. The van der Waals surface area contributed by atoms with E-state index in [0.29, 0.717) is 34.0 Å². The molecule has 3 aromatic rings. The summed E-state index contributed by atoms with van der Waals surface area (Å²) in [5, 5.41) is 6.80. The number of para-hydroxylation sites is 1. The number of aromatic nitrogens is 2. The molecule has 0 saturated heterocycles. The van der Waals surface area contributed by atoms with Gasteiger partial charge in [0.1, 0.15) is 5.82 Å². The number of urea groups is 1. The summed E-state index contributed by atoms with van der Waals surface area (Å²) in [5.74, 6) is 0.434. The van der Waals surface area contributed by atoms with E-state index in [0.717, 1.165) is 6.42 Å². The molecule has 0 aliphatic rings. The second kappa shape index (κ2) is 7.36. The molecule has 0 saturated carbocycles. The summed E-state index contributed by atoms with van der Waals surface area (Å²) in [6.07, 6.45) is 0.743. The van der Waals surface area contributed by atoms with Gasteiger partial charge in [-0.25, -0.2) is 9.59 Å². The molecule has 3 rings (SSSR count). The highest BCUT2D eigenvalue weighted by Gasteiger charge is 2.13. The van der Waals surface area contributed by atoms with Crippen molar-refractivity contribution in [3.63, 3.8) is 0 Å². The normalized spacial score (nSPS) is 10.6. The molecule has 2 N–H and O–H groups in total. The number of benzene rings is 2. The molecule has 0 aliphatic heterocycles. The average molecular weight is 357 g/mol. The van der Waals surface area contributed by atoms with Crippen LogP contribution < -0.4 is 16.3 Å². The number of halogens is 1. The molecule has 6 nitrogen and oxygen atoms in total. The van der Waals surface area contributed by atoms with E-state index in [-0.39, 0.29) is 5.69 Å². The van der Waals surface area contributed by atoms with Gasteiger partial charge >= 0.3 is 11.7 Å². The summed E-state index contributed by atoms with van der Waals surface area (Å²) in [5.41, 5.74) is 0.758. The molecular formula is C18H17ClN4O2. The fraction of sp³-hybridized carbons (Fsp3) is 0.167. The lowest BCUT2D eigenvalue weighted by Crippen LogP contribution is -2.29. The van der Waals surface area contributed by atoms with Crippen LogP contribution in [0.4, 0.5) is 16.3 Å². The summed E-state index contributed by atoms with van der Waals surface area (Å²) < 4.78 is 1.48. The van der Waals surface area contributed by atoms with E-state index in [1.54, 1.807) is 36.4 Å². The molecule has 0 unspecified atom stereocenters. The maximum Gasteiger partial charge on any atom is 0.349 e. The third-order valence-electron chi connectivity index (χ3n) is 3.66. The quantitative estimate of drug-likeness (QED) is 0.738. The number of amides is 2. The first-order chi connectivity index (χ1) is 12.1. The van der Waals surface area contributed by atoms with Gasteiger partial charge in [0.25, 0.3) is 0 Å². The minimum atomic E-state index is -0.442. The molecule has 2 aromatic carbocycles. The number of nitrogens with one attached hydrogen (secondary N) is 2. The molecule has 7 heteroatoms. The topological polar surface area (TPSA) is 76.0 Å². The van der Waals surface area contributed by atoms with Crippen LogP contribution in [0.15, 0.2) is 53.3 Å². The molecule has 128 valence electrons. The molecule has 0 aliphatic carbocycles. The second-order valence-corrected chi connectivity index (χ2v) is 5.93. The van der Waals surface area contributed by atoms with Crippen molar-refractivity contribution in [2.75, 3.05) is 10.6 Å². The van der Waals surface area contributed by atoms with E-state index in [4.69, 9.17) is 11.6 Å². The Morgan fingerprint density at radius 2 is 1.84 bits per heavy atom. The molecule has 0 spiro atoms. The largest absolute Gasteiger partial charge is 0.349 e. The fourth-order valence-corrected chi connectivity index (χ4v) is 2.67. The third-order valence-corrected chi connectivity index (χ3v) is 3.91. The van der Waals surface area contributed by atoms with Crippen molar-refractivity contribution in [3.8, 4) is 0 Å². The summed E-state index contributed by atoms with van der Waals surface area (Å²) >= 11 is 5.84. The number of hydrogen-bond donors (Lipinski definition) is 2. The highest BCUT2D eigenvalue weighted by molar-refractivity contribution is 6.30. The minimum absolute atomic E-state index is 0.387. The van der Waals surface area contributed by atoms with Crippen LogP contribution >= 0.6 is 11.6 Å². The molecule has 2 amide bonds. The van der Waals surface area contributed by atoms with Crippen LogP contribution in [0.3, 0.4) is 0 Å². The molecule has 0 atom stereocenters. The summed E-state index contributed by atoms with van der Waals surface area (Å²) in [4.78, 5) is 28.8. The molecule has 0 fully saturated rings. The van der Waals surface area contributed by atoms with Gasteiger partial charge in [-0.2, -0.15) is 4.98 Å². The van der Waals surface area contributed by atoms with Gasteiger partial charge in [0.2, 0.25) is 0 Å². The van der Waals surface area contributed by atoms with Gasteiger partial charge in [-0.15, -0.1) is 0 Å². The number of anilines is 2. The zero-order valence-corrected chi connectivity index (χ0v) is 14.4. The first-order valence-corrected chi connectivity index (χ1v) is 8.29. The smallest absolute Gasteiger partial charge is 0.308 e. The van der Waals surface area contributed by atoms with Crippen molar-refractivity contribution in [1.29, 1.82) is 0 Å². The van der Waals surface area contributed by atoms with Crippen molar-refractivity contribution in [2.45, 2.75) is 19.9 Å². The predicted octanol–water partition coefficient (Wildman–Crippen LogP) is 4.10. The van der Waals surface area contributed by atoms with Crippen LogP contribution in [-0.4, -0.2) is 15.6 Å². The molecule has 25 heavy (non-hydrogen) atoms. The SMILES string of the molecule is CCCn1c(NC(=O)Nc2ccc(Cl)cc2)c2ccccc2nc1=O. The minimum Gasteiger partial charge on any atom is -0.308 e. The van der Waals surface area contributed by atoms with Gasteiger partial charge in [-0.1, -0.05) is 30.7 Å². The van der Waals surface area contributed by atoms with E-state index in [1.807, 2.05) is 19.1 Å². The van der Waals surface area contributed by atoms with Crippen molar-refractivity contribution in [2.24, 2.45) is 0 Å². The lowest BCUT2D eigenvalue weighted by atomic mass is 10.2. The van der Waals surface area contributed by atoms with E-state index in [2.05, 4.69) is 15.6 Å². The maximum atomic E-state index is 12.4. The van der Waals surface area contributed by atoms with Crippen LogP contribution in [0.25, 0.3) is 10.9 Å². The Morgan fingerprint density at radius 3 is 2.56 bits per heavy atom. The number of carbonyl (C=O) groups excluding carboxylic acids is 1. The molecular weight excluding hydrogens is 340 g/mol. The molecule has 1 aromatic heterocycles. The Balaban J connectivity index is 1.96. The van der Waals surface area contributed by atoms with Gasteiger partial charge in [0.05, 0.1) is 5.52 Å². The second-order valence-electron chi connectivity index (χ2n) is 5.50. The fourth-order valence-electron chi connectivity index (χ4n) is 2.54. The lowest BCUT2D eigenvalue weighted by Gasteiger charge is -2.15. The van der Waals surface area contributed by atoms with Crippen LogP contribution in [0, 0.1) is 0 Å². The Kier molecular flexibility index (Phi) is 5.00. The predicted molar refractivity (Wildman–Crippen MR) is 100 cm³/mol. The van der Waals surface area contributed by atoms with Crippen molar-refractivity contribution < 1.29 is 4.79 Å². The highest BCUT2D eigenvalue weighted by atomic mass is 35.5. The Bertz CT molecular complexity index is 967. The zero-order chi connectivity index (χ0) is 17.8. The third kappa shape index (κ3) is 3.80. The van der Waals surface area contributed by atoms with E-state index >= 15 is 0 Å². The summed E-state index contributed by atoms with van der Waals surface area (Å²) in [6.45, 7) is 2.42. The Morgan fingerprint density at radius 1 is 1.12 bits per heavy atom. The van der Waals surface area contributed by atoms with Crippen LogP contribution in [0.5, 0.6) is 0 Å². The number of hydrogen-bond acceptors (Lipinski definition) is 3. The first-order valence-electron chi connectivity index (χ1n) is 7.91. The van der Waals surface area contributed by atoms with Crippen molar-refractivity contribution in [3.05, 3.63) is 64.0 Å². The van der Waals surface area contributed by atoms with Crippen LogP contribution in [0.2, 0.25) is 5.02 Å². The Hall–Kier alpha value is -2.86. The Labute approximate surface area is 149 Å². The maximum absolute atomic E-state index is 12.4. The molecule has 0 radical (unpaired) electrons. The summed E-state index contributed by atoms with van der Waals surface area (Å²) in [6, 6.07) is 13.5. The van der Waals surface area contributed by atoms with E-state index < -0.39 is 6.03 Å². The lowest BCUT2D eigenvalue weighted by molar-refractivity contribution is 0.262. The number of nitrogens with zero attached hydrogens (tertiary/aromatic N) is 2. The molecule has 0 bridgehead atoms. The highest BCUT2D eigenvalue weighted by Crippen LogP contribution is 2.21. The number of fused-ring (bicyclic) bond motifs is 1. The van der Waals surface area contributed by atoms with Crippen LogP contribution in [-0.2, 0) is 6.54 Å². The van der Waals surface area contributed by atoms with Gasteiger partial charge in [-0.05, 0) is 42.8 Å². The summed E-state index contributed by atoms with van der Waals surface area (Å²) in [7, 11) is 0. The number of rotatable bonds is 4. The van der Waals surface area contributed by atoms with Crippen LogP contribution in [0.1, 0.15) is 13.3 Å². The van der Waals surface area contributed by atoms with Gasteiger partial charge in [-0.3, -0.25) is 9.88 Å². The van der Waals surface area contributed by atoms with Crippen molar-refractivity contribution >= 4 is 40.0 Å². The number of carbonyl (C=O) groups is 1. The van der Waals surface area contributed by atoms with Crippen molar-refractivity contribution in [1.82, 2.24) is 9.55 Å². The zero-order valence-electron chi connectivity index (χ0n) is 13.6. The van der Waals surface area contributed by atoms with E-state index in [9.17, 15) is 9.59 Å². The van der Waals surface area contributed by atoms with Gasteiger partial charge in [0.15, 0.2) is 0 Å². The van der Waals surface area contributed by atoms with Gasteiger partial charge < -0.3 is 5.32 Å². The van der Waals surface area contributed by atoms with Gasteiger partial charge in [0, 0.05) is 22.6 Å². The standard InChI is InChI=1S/C18H17ClN4O2/c1-2-11-23-16(14-5-3-4-6-15(14)21-18(23)25)22-17(24)20-13-9-7-12(19)8-10-13/h3-10H,2,11H2,1H3,(H2,20,22,24).